The van der Waals surface area contributed by atoms with Crippen molar-refractivity contribution in [2.45, 2.75) is 32.5 Å². The van der Waals surface area contributed by atoms with Crippen LogP contribution in [0.4, 0.5) is 5.69 Å². The second kappa shape index (κ2) is 5.51. The van der Waals surface area contributed by atoms with E-state index in [0.29, 0.717) is 6.42 Å². The Bertz CT molecular complexity index is 558. The van der Waals surface area contributed by atoms with Gasteiger partial charge in [-0.05, 0) is 18.4 Å². The number of hydrogen-bond donors (Lipinski definition) is 0. The number of rotatable bonds is 4. The quantitative estimate of drug-likeness (QED) is 0.364. The van der Waals surface area contributed by atoms with Gasteiger partial charge >= 0.3 is 11.9 Å². The first-order valence-electron chi connectivity index (χ1n) is 6.47. The zero-order valence-electron chi connectivity index (χ0n) is 11.7. The molecule has 1 aliphatic heterocycles. The number of carbonyl (C=O) groups is 2. The number of nitrogens with zero attached hydrogens (tertiary/aromatic N) is 1. The van der Waals surface area contributed by atoms with Crippen molar-refractivity contribution in [2.24, 2.45) is 5.92 Å². The summed E-state index contributed by atoms with van der Waals surface area (Å²) >= 11 is 0. The molecule has 0 spiro atoms. The predicted octanol–water partition coefficient (Wildman–Crippen LogP) is 1.98. The van der Waals surface area contributed by atoms with Gasteiger partial charge in [-0.3, -0.25) is 19.7 Å². The van der Waals surface area contributed by atoms with E-state index < -0.39 is 28.6 Å². The minimum atomic E-state index is -1.22. The zero-order valence-corrected chi connectivity index (χ0v) is 11.7. The Labute approximate surface area is 121 Å². The molecule has 0 saturated carbocycles. The number of ether oxygens (including phenoxy) is 2. The highest BCUT2D eigenvalue weighted by atomic mass is 16.7. The molecule has 21 heavy (non-hydrogen) atoms. The molecule has 0 bridgehead atoms. The molecule has 112 valence electrons. The molecule has 1 aliphatic rings. The number of non-ortho nitro benzene ring substituents is 1. The molecule has 2 rings (SSSR count). The number of aryl methyl sites for hydroxylation is 1. The molecule has 1 aromatic rings. The fraction of sp³-hybridized carbons (Fsp3) is 0.429. The molecule has 7 nitrogen and oxygen atoms in total. The topological polar surface area (TPSA) is 95.7 Å². The van der Waals surface area contributed by atoms with Gasteiger partial charge in [-0.25, -0.2) is 0 Å². The second-order valence-electron chi connectivity index (χ2n) is 5.26. The highest BCUT2D eigenvalue weighted by Gasteiger charge is 2.42. The van der Waals surface area contributed by atoms with Crippen LogP contribution >= 0.6 is 0 Å². The average molecular weight is 293 g/mol. The first-order valence-corrected chi connectivity index (χ1v) is 6.47. The maximum atomic E-state index is 11.8. The van der Waals surface area contributed by atoms with E-state index in [9.17, 15) is 19.7 Å². The van der Waals surface area contributed by atoms with Crippen molar-refractivity contribution >= 4 is 17.6 Å². The molecule has 1 fully saturated rings. The zero-order chi connectivity index (χ0) is 15.6. The summed E-state index contributed by atoms with van der Waals surface area (Å²) in [6, 6.07) is 5.97. The number of esters is 2. The number of cyclic esters (lactones) is 2. The molecule has 1 aromatic carbocycles. The van der Waals surface area contributed by atoms with Crippen molar-refractivity contribution in [3.8, 4) is 0 Å². The third-order valence-corrected chi connectivity index (χ3v) is 3.13. The molecule has 0 radical (unpaired) electrons. The van der Waals surface area contributed by atoms with Gasteiger partial charge in [-0.1, -0.05) is 12.1 Å². The standard InChI is InChI=1S/C14H15NO6/c1-14(2)20-12(16)11(13(17)21-14)8-5-9-3-6-10(7-4-9)15(18)19/h3-4,6-7,11H,5,8H2,1-2H3. The lowest BCUT2D eigenvalue weighted by molar-refractivity contribution is -0.384. The van der Waals surface area contributed by atoms with E-state index in [0.717, 1.165) is 5.56 Å². The van der Waals surface area contributed by atoms with Crippen LogP contribution in [0.1, 0.15) is 25.8 Å². The molecule has 0 aromatic heterocycles. The largest absolute Gasteiger partial charge is 0.422 e. The van der Waals surface area contributed by atoms with Gasteiger partial charge in [0.05, 0.1) is 4.92 Å². The first-order chi connectivity index (χ1) is 9.78. The Kier molecular flexibility index (Phi) is 3.93. The molecule has 0 amide bonds. The molecule has 1 saturated heterocycles. The summed E-state index contributed by atoms with van der Waals surface area (Å²) in [5.74, 6) is -3.37. The van der Waals surface area contributed by atoms with Crippen LogP contribution in [0, 0.1) is 16.0 Å². The smallest absolute Gasteiger partial charge is 0.323 e. The van der Waals surface area contributed by atoms with Crippen molar-refractivity contribution in [3.05, 3.63) is 39.9 Å². The third kappa shape index (κ3) is 3.56. The minimum absolute atomic E-state index is 0.00279. The SMILES string of the molecule is CC1(C)OC(=O)C(CCc2ccc([N+](=O)[O-])cc2)C(=O)O1. The van der Waals surface area contributed by atoms with Crippen LogP contribution in [0.5, 0.6) is 0 Å². The summed E-state index contributed by atoms with van der Waals surface area (Å²) in [7, 11) is 0. The van der Waals surface area contributed by atoms with Crippen LogP contribution in [0.25, 0.3) is 0 Å². The van der Waals surface area contributed by atoms with E-state index in [1.807, 2.05) is 0 Å². The van der Waals surface area contributed by atoms with Crippen LogP contribution in [-0.4, -0.2) is 22.6 Å². The number of hydrogen-bond acceptors (Lipinski definition) is 6. The van der Waals surface area contributed by atoms with Crippen LogP contribution in [0.2, 0.25) is 0 Å². The minimum Gasteiger partial charge on any atom is -0.422 e. The van der Waals surface area contributed by atoms with E-state index in [1.54, 1.807) is 12.1 Å². The summed E-state index contributed by atoms with van der Waals surface area (Å²) < 4.78 is 10.0. The van der Waals surface area contributed by atoms with Crippen LogP contribution in [0.15, 0.2) is 24.3 Å². The van der Waals surface area contributed by atoms with Gasteiger partial charge in [0.2, 0.25) is 0 Å². The van der Waals surface area contributed by atoms with Gasteiger partial charge in [0, 0.05) is 26.0 Å². The van der Waals surface area contributed by atoms with Crippen molar-refractivity contribution in [3.63, 3.8) is 0 Å². The first kappa shape index (κ1) is 15.0. The summed E-state index contributed by atoms with van der Waals surface area (Å²) in [4.78, 5) is 33.6. The predicted molar refractivity (Wildman–Crippen MR) is 71.2 cm³/mol. The maximum absolute atomic E-state index is 11.8. The fourth-order valence-corrected chi connectivity index (χ4v) is 2.07. The molecule has 0 aliphatic carbocycles. The van der Waals surface area contributed by atoms with Crippen LogP contribution < -0.4 is 0 Å². The normalized spacial score (nSPS) is 18.0. The van der Waals surface area contributed by atoms with Gasteiger partial charge in [0.15, 0.2) is 5.92 Å². The lowest BCUT2D eigenvalue weighted by atomic mass is 9.98. The summed E-state index contributed by atoms with van der Waals surface area (Å²) in [6.45, 7) is 2.99. The molecule has 1 heterocycles. The van der Waals surface area contributed by atoms with Crippen molar-refractivity contribution in [2.75, 3.05) is 0 Å². The van der Waals surface area contributed by atoms with E-state index in [4.69, 9.17) is 9.47 Å². The molecule has 0 unspecified atom stereocenters. The van der Waals surface area contributed by atoms with Gasteiger partial charge in [0.1, 0.15) is 0 Å². The Hall–Kier alpha value is -2.44. The highest BCUT2D eigenvalue weighted by Crippen LogP contribution is 2.26. The number of nitro groups is 1. The van der Waals surface area contributed by atoms with Crippen molar-refractivity contribution in [1.82, 2.24) is 0 Å². The molecular formula is C14H15NO6. The van der Waals surface area contributed by atoms with Gasteiger partial charge < -0.3 is 9.47 Å². The van der Waals surface area contributed by atoms with Gasteiger partial charge in [-0.15, -0.1) is 0 Å². The monoisotopic (exact) mass is 293 g/mol. The van der Waals surface area contributed by atoms with Crippen LogP contribution in [-0.2, 0) is 25.5 Å². The molecule has 7 heteroatoms. The van der Waals surface area contributed by atoms with E-state index in [1.165, 1.54) is 26.0 Å². The molecular weight excluding hydrogens is 278 g/mol. The Morgan fingerprint density at radius 3 is 2.14 bits per heavy atom. The Balaban J connectivity index is 1.98. The molecule has 0 N–H and O–H groups in total. The van der Waals surface area contributed by atoms with E-state index in [-0.39, 0.29) is 12.1 Å². The Morgan fingerprint density at radius 1 is 1.14 bits per heavy atom. The molecule has 0 atom stereocenters. The van der Waals surface area contributed by atoms with E-state index >= 15 is 0 Å². The summed E-state index contributed by atoms with van der Waals surface area (Å²) in [5, 5.41) is 10.5. The summed E-state index contributed by atoms with van der Waals surface area (Å²) in [5.41, 5.74) is 0.794. The number of benzene rings is 1. The van der Waals surface area contributed by atoms with Crippen molar-refractivity contribution < 1.29 is 24.0 Å². The van der Waals surface area contributed by atoms with Crippen LogP contribution in [0.3, 0.4) is 0 Å². The Morgan fingerprint density at radius 2 is 1.67 bits per heavy atom. The summed E-state index contributed by atoms with van der Waals surface area (Å²) in [6.07, 6.45) is 0.666. The van der Waals surface area contributed by atoms with Crippen molar-refractivity contribution in [1.29, 1.82) is 0 Å². The third-order valence-electron chi connectivity index (χ3n) is 3.13. The fourth-order valence-electron chi connectivity index (χ4n) is 2.07. The maximum Gasteiger partial charge on any atom is 0.323 e. The van der Waals surface area contributed by atoms with Gasteiger partial charge in [-0.2, -0.15) is 0 Å². The van der Waals surface area contributed by atoms with E-state index in [2.05, 4.69) is 0 Å². The second-order valence-corrected chi connectivity index (χ2v) is 5.26. The number of carbonyl (C=O) groups excluding carboxylic acids is 2. The lowest BCUT2D eigenvalue weighted by Crippen LogP contribution is -2.46. The van der Waals surface area contributed by atoms with Gasteiger partial charge in [0.25, 0.3) is 11.5 Å². The average Bonchev–Trinajstić information content (AvgIpc) is 2.36. The number of nitro benzene ring substituents is 1. The highest BCUT2D eigenvalue weighted by molar-refractivity contribution is 5.96. The lowest BCUT2D eigenvalue weighted by Gasteiger charge is -2.32.